The monoisotopic (exact) mass is 840 g/mol. The lowest BCUT2D eigenvalue weighted by molar-refractivity contribution is -0.321. The van der Waals surface area contributed by atoms with Crippen LogP contribution >= 0.6 is 0 Å². The van der Waals surface area contributed by atoms with E-state index >= 15 is 0 Å². The first kappa shape index (κ1) is 43.6. The zero-order valence-electron chi connectivity index (χ0n) is 34.3. The molecule has 2 saturated heterocycles. The highest BCUT2D eigenvalue weighted by molar-refractivity contribution is 6.31. The summed E-state index contributed by atoms with van der Waals surface area (Å²) >= 11 is 0. The maximum absolute atomic E-state index is 14.0. The van der Waals surface area contributed by atoms with Crippen LogP contribution in [0.1, 0.15) is 108 Å². The summed E-state index contributed by atoms with van der Waals surface area (Å²) < 4.78 is 42.3. The molecule has 0 aromatic heterocycles. The first-order chi connectivity index (χ1) is 28.3. The van der Waals surface area contributed by atoms with E-state index < -0.39 is 125 Å². The van der Waals surface area contributed by atoms with Crippen LogP contribution in [0.25, 0.3) is 0 Å². The van der Waals surface area contributed by atoms with Gasteiger partial charge in [-0.1, -0.05) is 6.92 Å². The van der Waals surface area contributed by atoms with Crippen molar-refractivity contribution in [1.82, 2.24) is 4.90 Å². The van der Waals surface area contributed by atoms with Crippen LogP contribution in [-0.2, 0) is 42.7 Å². The van der Waals surface area contributed by atoms with Crippen molar-refractivity contribution in [2.75, 3.05) is 21.2 Å². The quantitative estimate of drug-likeness (QED) is 0.133. The van der Waals surface area contributed by atoms with Gasteiger partial charge in [-0.3, -0.25) is 19.2 Å². The Morgan fingerprint density at radius 2 is 1.52 bits per heavy atom. The molecule has 7 rings (SSSR count). The van der Waals surface area contributed by atoms with E-state index in [2.05, 4.69) is 0 Å². The van der Waals surface area contributed by atoms with E-state index in [4.69, 9.17) is 38.9 Å². The third kappa shape index (κ3) is 7.47. The average molecular weight is 841 g/mol. The second-order valence-corrected chi connectivity index (χ2v) is 16.4. The first-order valence-electron chi connectivity index (χ1n) is 19.9. The molecule has 0 amide bonds. The number of ether oxygens (including phenoxy) is 7. The summed E-state index contributed by atoms with van der Waals surface area (Å²) in [6.45, 7) is 6.71. The number of nitrogens with two attached hydrogens (primary N) is 1. The van der Waals surface area contributed by atoms with Crippen LogP contribution in [0, 0.1) is 0 Å². The molecular weight excluding hydrogens is 788 g/mol. The highest BCUT2D eigenvalue weighted by Crippen LogP contribution is 2.54. The van der Waals surface area contributed by atoms with Gasteiger partial charge in [-0.2, -0.15) is 0 Å². The summed E-state index contributed by atoms with van der Waals surface area (Å²) in [7, 11) is 4.81. The molecule has 18 nitrogen and oxygen atoms in total. The van der Waals surface area contributed by atoms with Crippen LogP contribution in [0.5, 0.6) is 17.2 Å². The largest absolute Gasteiger partial charge is 0.507 e. The molecule has 0 radical (unpaired) electrons. The topological polar surface area (TPSA) is 263 Å². The van der Waals surface area contributed by atoms with Crippen molar-refractivity contribution in [3.8, 4) is 17.2 Å². The fourth-order valence-electron chi connectivity index (χ4n) is 9.16. The third-order valence-corrected chi connectivity index (χ3v) is 12.4. The Hall–Kier alpha value is -4.50. The molecule has 13 atom stereocenters. The number of methoxy groups -OCH3 is 1. The van der Waals surface area contributed by atoms with Gasteiger partial charge >= 0.3 is 5.97 Å². The van der Waals surface area contributed by atoms with E-state index in [1.54, 1.807) is 27.7 Å². The van der Waals surface area contributed by atoms with Gasteiger partial charge in [-0.15, -0.1) is 0 Å². The van der Waals surface area contributed by atoms with E-state index in [0.29, 0.717) is 0 Å². The molecule has 3 heterocycles. The summed E-state index contributed by atoms with van der Waals surface area (Å²) in [5, 5.41) is 56.5. The molecule has 2 fully saturated rings. The minimum atomic E-state index is -1.82. The van der Waals surface area contributed by atoms with Gasteiger partial charge in [0.15, 0.2) is 30.4 Å². The highest BCUT2D eigenvalue weighted by atomic mass is 16.7. The van der Waals surface area contributed by atoms with Gasteiger partial charge in [-0.05, 0) is 65.0 Å². The van der Waals surface area contributed by atoms with Crippen molar-refractivity contribution >= 4 is 23.3 Å². The van der Waals surface area contributed by atoms with Gasteiger partial charge in [-0.25, -0.2) is 0 Å². The third-order valence-electron chi connectivity index (χ3n) is 12.4. The van der Waals surface area contributed by atoms with Crippen molar-refractivity contribution < 1.29 is 77.9 Å². The second kappa shape index (κ2) is 16.4. The summed E-state index contributed by atoms with van der Waals surface area (Å²) in [4.78, 5) is 55.2. The van der Waals surface area contributed by atoms with Gasteiger partial charge < -0.3 is 69.3 Å². The molecule has 0 saturated carbocycles. The number of carbonyl (C=O) groups is 4. The minimum absolute atomic E-state index is 0.0145. The fraction of sp³-hybridized carbons (Fsp3) is 0.571. The number of aliphatic hydroxyl groups is 2. The zero-order chi connectivity index (χ0) is 43.7. The van der Waals surface area contributed by atoms with Gasteiger partial charge in [0.25, 0.3) is 0 Å². The number of fused-ring (bicyclic) bond motifs is 3. The molecule has 2 aromatic carbocycles. The Labute approximate surface area is 345 Å². The standard InChI is InChI=1S/C42H52N2O16/c1-8-42(53)15-27(30-19(34(42)40(52)54-7)11-20-31(36(30)50)37(51)33-24(46)10-9-23(45)32(33)35(20)49)58-28-13-22(44(5)6)38(17(3)55-28)59-29-14-26(48)39(18(4)56-29)60-41-21(43)12-25(47)16(2)57-41/h9-12,16-18,22,26-29,34,38-39,41,45-46,48,50,53H,8,13-15,43H2,1-7H3/t16-,17+,18+,22-,26-,27-,28-,29-,34-,38+,39+,41-,42+/m0/s1. The second-order valence-electron chi connectivity index (χ2n) is 16.4. The number of rotatable bonds is 9. The van der Waals surface area contributed by atoms with Crippen molar-refractivity contribution in [3.05, 3.63) is 63.4 Å². The number of phenolic OH excluding ortho intramolecular Hbond substituents is 3. The normalized spacial score (nSPS) is 35.4. The fourth-order valence-corrected chi connectivity index (χ4v) is 9.16. The molecule has 7 N–H and O–H groups in total. The molecule has 0 spiro atoms. The number of aromatic hydroxyl groups is 3. The number of nitrogens with zero attached hydrogens (tertiary/aromatic N) is 1. The van der Waals surface area contributed by atoms with Crippen molar-refractivity contribution in [3.63, 3.8) is 0 Å². The number of benzene rings is 2. The smallest absolute Gasteiger partial charge is 0.316 e. The molecule has 326 valence electrons. The Morgan fingerprint density at radius 1 is 0.900 bits per heavy atom. The van der Waals surface area contributed by atoms with E-state index in [-0.39, 0.29) is 59.9 Å². The predicted molar refractivity (Wildman–Crippen MR) is 206 cm³/mol. The van der Waals surface area contributed by atoms with Crippen LogP contribution in [-0.4, -0.2) is 142 Å². The maximum atomic E-state index is 14.0. The van der Waals surface area contributed by atoms with Crippen LogP contribution in [0.3, 0.4) is 0 Å². The van der Waals surface area contributed by atoms with Crippen molar-refractivity contribution in [2.24, 2.45) is 5.73 Å². The van der Waals surface area contributed by atoms with E-state index in [1.807, 2.05) is 19.0 Å². The maximum Gasteiger partial charge on any atom is 0.316 e. The molecule has 2 aromatic rings. The molecule has 2 aliphatic carbocycles. The Kier molecular flexibility index (Phi) is 11.9. The number of carbonyl (C=O) groups excluding carboxylic acids is 4. The summed E-state index contributed by atoms with van der Waals surface area (Å²) in [6, 6.07) is 2.97. The lowest BCUT2D eigenvalue weighted by atomic mass is 9.67. The lowest BCUT2D eigenvalue weighted by Gasteiger charge is -2.48. The van der Waals surface area contributed by atoms with Crippen LogP contribution in [0.15, 0.2) is 30.0 Å². The number of aliphatic hydroxyl groups excluding tert-OH is 1. The predicted octanol–water partition coefficient (Wildman–Crippen LogP) is 1.93. The Morgan fingerprint density at radius 3 is 2.12 bits per heavy atom. The average Bonchev–Trinajstić information content (AvgIpc) is 3.18. The Bertz CT molecular complexity index is 2090. The SMILES string of the molecule is CC[C@@]1(O)C[C@H](O[C@H]2C[C@H](N(C)C)[C@H](O[C@H]3C[C@H](O)[C@H](O[C@@H]4O[C@@H](C)C(=O)C=C4N)[C@@H](C)O3)[C@@H](C)O2)c2c(cc3c(c2O)C(=O)c2c(O)ccc(O)c2C3=O)[C@H]1C(=O)OC. The highest BCUT2D eigenvalue weighted by Gasteiger charge is 2.54. The summed E-state index contributed by atoms with van der Waals surface area (Å²) in [6.07, 6.45) is -7.59. The zero-order valence-corrected chi connectivity index (χ0v) is 34.3. The van der Waals surface area contributed by atoms with E-state index in [9.17, 15) is 44.7 Å². The number of ketones is 3. The van der Waals surface area contributed by atoms with Crippen LogP contribution in [0.2, 0.25) is 0 Å². The molecule has 60 heavy (non-hydrogen) atoms. The number of hydrogen-bond donors (Lipinski definition) is 6. The van der Waals surface area contributed by atoms with Crippen molar-refractivity contribution in [1.29, 1.82) is 0 Å². The van der Waals surface area contributed by atoms with Gasteiger partial charge in [0.1, 0.15) is 41.5 Å². The van der Waals surface area contributed by atoms with Gasteiger partial charge in [0.2, 0.25) is 5.78 Å². The van der Waals surface area contributed by atoms with Crippen molar-refractivity contribution in [2.45, 2.75) is 133 Å². The number of likely N-dealkylation sites (N-methyl/N-ethyl adjacent to an activating group) is 1. The van der Waals surface area contributed by atoms with Crippen LogP contribution < -0.4 is 5.73 Å². The minimum Gasteiger partial charge on any atom is -0.507 e. The van der Waals surface area contributed by atoms with Gasteiger partial charge in [0, 0.05) is 42.5 Å². The molecule has 3 aliphatic heterocycles. The Balaban J connectivity index is 1.15. The number of hydrogen-bond acceptors (Lipinski definition) is 18. The summed E-state index contributed by atoms with van der Waals surface area (Å²) in [5.41, 5.74) is 2.42. The summed E-state index contributed by atoms with van der Waals surface area (Å²) in [5.74, 6) is -6.24. The molecule has 5 aliphatic rings. The van der Waals surface area contributed by atoms with E-state index in [0.717, 1.165) is 19.2 Å². The first-order valence-corrected chi connectivity index (χ1v) is 19.9. The number of esters is 1. The number of phenols is 3. The molecule has 18 heteroatoms. The van der Waals surface area contributed by atoms with Gasteiger partial charge in [0.05, 0.1) is 59.5 Å². The van der Waals surface area contributed by atoms with E-state index in [1.165, 1.54) is 12.1 Å². The molecule has 0 bridgehead atoms. The lowest BCUT2D eigenvalue weighted by Crippen LogP contribution is -2.58. The molecular formula is C42H52N2O16. The molecule has 0 unspecified atom stereocenters. The van der Waals surface area contributed by atoms with Crippen LogP contribution in [0.4, 0.5) is 0 Å².